The van der Waals surface area contributed by atoms with Gasteiger partial charge in [0.2, 0.25) is 0 Å². The number of benzene rings is 2. The van der Waals surface area contributed by atoms with E-state index in [9.17, 15) is 13.2 Å². The van der Waals surface area contributed by atoms with E-state index in [0.29, 0.717) is 35.0 Å². The van der Waals surface area contributed by atoms with Crippen molar-refractivity contribution in [2.24, 2.45) is 4.40 Å². The summed E-state index contributed by atoms with van der Waals surface area (Å²) >= 11 is 0. The topological polar surface area (TPSA) is 101 Å². The molecule has 2 aromatic carbocycles. The van der Waals surface area contributed by atoms with E-state index in [-0.39, 0.29) is 10.8 Å². The molecule has 1 aliphatic rings. The Hall–Kier alpha value is -3.46. The molecular formula is C23H24N4O4S. The molecule has 1 amide bonds. The Kier molecular flexibility index (Phi) is 5.84. The van der Waals surface area contributed by atoms with Gasteiger partial charge in [-0.25, -0.2) is 0 Å². The lowest BCUT2D eigenvalue weighted by molar-refractivity contribution is 0.102. The number of aryl methyl sites for hydroxylation is 1. The number of nitrogens with one attached hydrogen (secondary N) is 1. The average molecular weight is 453 g/mol. The molecule has 32 heavy (non-hydrogen) atoms. The largest absolute Gasteiger partial charge is 0.497 e. The smallest absolute Gasteiger partial charge is 0.283 e. The van der Waals surface area contributed by atoms with Gasteiger partial charge in [-0.15, -0.1) is 4.40 Å². The molecule has 8 nitrogen and oxygen atoms in total. The van der Waals surface area contributed by atoms with Crippen molar-refractivity contribution in [3.63, 3.8) is 0 Å². The molecule has 2 heterocycles. The van der Waals surface area contributed by atoms with Crippen molar-refractivity contribution in [2.45, 2.75) is 24.7 Å². The first-order valence-corrected chi connectivity index (χ1v) is 11.6. The molecule has 1 aliphatic heterocycles. The molecule has 9 heteroatoms. The van der Waals surface area contributed by atoms with Crippen LogP contribution < -0.4 is 10.1 Å². The van der Waals surface area contributed by atoms with E-state index in [1.165, 1.54) is 12.1 Å². The number of amidine groups is 1. The minimum Gasteiger partial charge on any atom is -0.497 e. The van der Waals surface area contributed by atoms with Crippen LogP contribution >= 0.6 is 0 Å². The van der Waals surface area contributed by atoms with Crippen LogP contribution in [-0.4, -0.2) is 50.7 Å². The van der Waals surface area contributed by atoms with E-state index in [0.717, 1.165) is 23.9 Å². The van der Waals surface area contributed by atoms with Crippen molar-refractivity contribution in [3.05, 3.63) is 59.8 Å². The van der Waals surface area contributed by atoms with Gasteiger partial charge in [0.15, 0.2) is 0 Å². The second-order valence-corrected chi connectivity index (χ2v) is 9.27. The van der Waals surface area contributed by atoms with E-state index in [1.54, 1.807) is 32.2 Å². The Labute approximate surface area is 187 Å². The van der Waals surface area contributed by atoms with Crippen molar-refractivity contribution in [2.75, 3.05) is 26.0 Å². The molecule has 166 valence electrons. The van der Waals surface area contributed by atoms with E-state index in [1.807, 2.05) is 30.1 Å². The molecule has 0 bridgehead atoms. The van der Waals surface area contributed by atoms with Crippen LogP contribution in [0.25, 0.3) is 10.9 Å². The van der Waals surface area contributed by atoms with E-state index in [4.69, 9.17) is 4.74 Å². The fraction of sp³-hybridized carbons (Fsp3) is 0.261. The number of likely N-dealkylation sites (tertiary alicyclic amines) is 1. The maximum atomic E-state index is 12.8. The number of fused-ring (bicyclic) bond motifs is 1. The fourth-order valence-corrected chi connectivity index (χ4v) is 4.70. The van der Waals surface area contributed by atoms with Crippen LogP contribution in [0.2, 0.25) is 0 Å². The molecule has 1 saturated heterocycles. The zero-order valence-electron chi connectivity index (χ0n) is 18.1. The summed E-state index contributed by atoms with van der Waals surface area (Å²) in [5.74, 6) is 0.941. The molecule has 4 rings (SSSR count). The van der Waals surface area contributed by atoms with Gasteiger partial charge < -0.3 is 15.0 Å². The maximum Gasteiger partial charge on any atom is 0.283 e. The molecule has 0 atom stereocenters. The van der Waals surface area contributed by atoms with Gasteiger partial charge in [-0.1, -0.05) is 0 Å². The highest BCUT2D eigenvalue weighted by Crippen LogP contribution is 2.23. The molecular weight excluding hydrogens is 428 g/mol. The highest BCUT2D eigenvalue weighted by Gasteiger charge is 2.20. The summed E-state index contributed by atoms with van der Waals surface area (Å²) in [5, 5.41) is 3.62. The maximum absolute atomic E-state index is 12.8. The highest BCUT2D eigenvalue weighted by atomic mass is 32.2. The van der Waals surface area contributed by atoms with Gasteiger partial charge in [0.1, 0.15) is 11.6 Å². The average Bonchev–Trinajstić information content (AvgIpc) is 3.16. The Balaban J connectivity index is 1.53. The van der Waals surface area contributed by atoms with Crippen LogP contribution in [0.15, 0.2) is 57.8 Å². The zero-order valence-corrected chi connectivity index (χ0v) is 18.9. The molecule has 0 saturated carbocycles. The number of rotatable bonds is 5. The van der Waals surface area contributed by atoms with Crippen molar-refractivity contribution >= 4 is 38.4 Å². The summed E-state index contributed by atoms with van der Waals surface area (Å²) in [4.78, 5) is 19.3. The number of anilines is 1. The molecule has 0 aliphatic carbocycles. The van der Waals surface area contributed by atoms with E-state index >= 15 is 0 Å². The predicted octanol–water partition coefficient (Wildman–Crippen LogP) is 3.62. The molecule has 0 unspecified atom stereocenters. The second-order valence-electron chi connectivity index (χ2n) is 7.67. The molecule has 1 N–H and O–H groups in total. The van der Waals surface area contributed by atoms with Gasteiger partial charge in [-0.05, 0) is 55.8 Å². The number of hydrogen-bond acceptors (Lipinski definition) is 5. The lowest BCUT2D eigenvalue weighted by Crippen LogP contribution is -2.20. The molecule has 3 aromatic rings. The quantitative estimate of drug-likeness (QED) is 0.635. The number of methoxy groups -OCH3 is 1. The first-order chi connectivity index (χ1) is 15.3. The van der Waals surface area contributed by atoms with Gasteiger partial charge in [-0.2, -0.15) is 8.42 Å². The van der Waals surface area contributed by atoms with Crippen molar-refractivity contribution in [3.8, 4) is 5.75 Å². The third-order valence-corrected chi connectivity index (χ3v) is 6.75. The SMILES string of the molecule is COc1ccc2cc(C(=O)Nc3ccc(S(=O)(=O)/N=C4/CCCN4C)cc3)c(C)nc2c1. The number of sulfonamides is 1. The molecule has 0 radical (unpaired) electrons. The Morgan fingerprint density at radius 2 is 1.91 bits per heavy atom. The van der Waals surface area contributed by atoms with Crippen molar-refractivity contribution in [1.82, 2.24) is 9.88 Å². The summed E-state index contributed by atoms with van der Waals surface area (Å²) in [5.41, 5.74) is 2.24. The number of carbonyl (C=O) groups is 1. The van der Waals surface area contributed by atoms with E-state index < -0.39 is 10.0 Å². The first-order valence-electron chi connectivity index (χ1n) is 10.2. The summed E-state index contributed by atoms with van der Waals surface area (Å²) in [6.45, 7) is 2.57. The predicted molar refractivity (Wildman–Crippen MR) is 124 cm³/mol. The van der Waals surface area contributed by atoms with Crippen molar-refractivity contribution < 1.29 is 17.9 Å². The van der Waals surface area contributed by atoms with Gasteiger partial charge >= 0.3 is 0 Å². The first kappa shape index (κ1) is 21.8. The zero-order chi connectivity index (χ0) is 22.9. The standard InChI is InChI=1S/C23H24N4O4S/c1-15-20(13-16-6-9-18(31-3)14-21(16)24-15)23(28)25-17-7-10-19(11-8-17)32(29,30)26-22-5-4-12-27(22)2/h6-11,13-14H,4-5,12H2,1-3H3,(H,25,28)/b26-22-. The molecule has 0 spiro atoms. The van der Waals surface area contributed by atoms with Crippen LogP contribution in [0.5, 0.6) is 5.75 Å². The summed E-state index contributed by atoms with van der Waals surface area (Å²) < 4.78 is 34.4. The Morgan fingerprint density at radius 3 is 2.56 bits per heavy atom. The number of amides is 1. The Bertz CT molecular complexity index is 1320. The monoisotopic (exact) mass is 452 g/mol. The lowest BCUT2D eigenvalue weighted by Gasteiger charge is -2.11. The van der Waals surface area contributed by atoms with Gasteiger partial charge in [-0.3, -0.25) is 9.78 Å². The van der Waals surface area contributed by atoms with Gasteiger partial charge in [0.05, 0.1) is 28.8 Å². The number of nitrogens with zero attached hydrogens (tertiary/aromatic N) is 3. The highest BCUT2D eigenvalue weighted by molar-refractivity contribution is 7.90. The van der Waals surface area contributed by atoms with Gasteiger partial charge in [0, 0.05) is 37.2 Å². The van der Waals surface area contributed by atoms with Gasteiger partial charge in [0.25, 0.3) is 15.9 Å². The number of carbonyl (C=O) groups excluding carboxylic acids is 1. The lowest BCUT2D eigenvalue weighted by atomic mass is 10.1. The minimum atomic E-state index is -3.80. The van der Waals surface area contributed by atoms with Crippen molar-refractivity contribution in [1.29, 1.82) is 0 Å². The summed E-state index contributed by atoms with van der Waals surface area (Å²) in [6.07, 6.45) is 1.54. The Morgan fingerprint density at radius 1 is 1.16 bits per heavy atom. The third kappa shape index (κ3) is 4.43. The van der Waals surface area contributed by atoms with Crippen LogP contribution in [0.3, 0.4) is 0 Å². The van der Waals surface area contributed by atoms with Crippen LogP contribution in [0.4, 0.5) is 5.69 Å². The van der Waals surface area contributed by atoms with E-state index in [2.05, 4.69) is 14.7 Å². The van der Waals surface area contributed by atoms with Crippen LogP contribution in [-0.2, 0) is 10.0 Å². The van der Waals surface area contributed by atoms with Crippen LogP contribution in [0.1, 0.15) is 28.9 Å². The number of pyridine rings is 1. The second kappa shape index (κ2) is 8.58. The molecule has 1 fully saturated rings. The normalized spacial score (nSPS) is 15.3. The summed E-state index contributed by atoms with van der Waals surface area (Å²) in [6, 6.07) is 13.3. The van der Waals surface area contributed by atoms with Crippen LogP contribution in [0, 0.1) is 6.92 Å². The fourth-order valence-electron chi connectivity index (χ4n) is 3.61. The number of aromatic nitrogens is 1. The summed E-state index contributed by atoms with van der Waals surface area (Å²) in [7, 11) is -0.374. The third-order valence-electron chi connectivity index (χ3n) is 5.43. The number of hydrogen-bond donors (Lipinski definition) is 1. The number of ether oxygens (including phenoxy) is 1. The minimum absolute atomic E-state index is 0.0841. The molecule has 1 aromatic heterocycles.